The SMILES string of the molecule is COc1ccc(-n2nc(C(=O)Nc3ccc(OC)c(OC)c3)cc2-c2cccnc2)cc1. The smallest absolute Gasteiger partial charge is 0.276 e. The Hall–Kier alpha value is -4.33. The molecule has 0 aliphatic carbocycles. The lowest BCUT2D eigenvalue weighted by molar-refractivity contribution is 0.102. The van der Waals surface area contributed by atoms with Crippen LogP contribution < -0.4 is 19.5 Å². The van der Waals surface area contributed by atoms with Crippen LogP contribution in [0.25, 0.3) is 16.9 Å². The molecule has 8 nitrogen and oxygen atoms in total. The Morgan fingerprint density at radius 2 is 1.69 bits per heavy atom. The molecule has 1 amide bonds. The topological polar surface area (TPSA) is 87.5 Å². The van der Waals surface area contributed by atoms with E-state index in [1.807, 2.05) is 36.4 Å². The van der Waals surface area contributed by atoms with Crippen molar-refractivity contribution in [2.45, 2.75) is 0 Å². The minimum Gasteiger partial charge on any atom is -0.497 e. The molecule has 0 bridgehead atoms. The van der Waals surface area contributed by atoms with Gasteiger partial charge in [0.05, 0.1) is 32.7 Å². The molecule has 162 valence electrons. The number of nitrogens with one attached hydrogen (secondary N) is 1. The molecule has 0 aliphatic rings. The second kappa shape index (κ2) is 9.22. The van der Waals surface area contributed by atoms with Crippen LogP contribution in [0, 0.1) is 0 Å². The molecule has 0 unspecified atom stereocenters. The maximum Gasteiger partial charge on any atom is 0.276 e. The molecule has 0 fully saturated rings. The summed E-state index contributed by atoms with van der Waals surface area (Å²) in [6, 6.07) is 18.1. The summed E-state index contributed by atoms with van der Waals surface area (Å²) in [5, 5.41) is 7.42. The molecule has 4 rings (SSSR count). The summed E-state index contributed by atoms with van der Waals surface area (Å²) >= 11 is 0. The molecule has 4 aromatic rings. The molecule has 0 aliphatic heterocycles. The van der Waals surface area contributed by atoms with Gasteiger partial charge in [0.15, 0.2) is 17.2 Å². The molecule has 0 saturated heterocycles. The molecule has 0 radical (unpaired) electrons. The average molecular weight is 430 g/mol. The Morgan fingerprint density at radius 3 is 2.34 bits per heavy atom. The number of hydrogen-bond acceptors (Lipinski definition) is 6. The van der Waals surface area contributed by atoms with Gasteiger partial charge in [-0.25, -0.2) is 4.68 Å². The standard InChI is InChI=1S/C24H22N4O4/c1-30-19-9-7-18(8-10-19)28-21(16-5-4-12-25-15-16)14-20(27-28)24(29)26-17-6-11-22(31-2)23(13-17)32-3/h4-15H,1-3H3,(H,26,29). The number of amides is 1. The second-order valence-electron chi connectivity index (χ2n) is 6.79. The molecule has 1 N–H and O–H groups in total. The molecule has 32 heavy (non-hydrogen) atoms. The number of nitrogens with zero attached hydrogens (tertiary/aromatic N) is 3. The molecule has 0 saturated carbocycles. The number of methoxy groups -OCH3 is 3. The van der Waals surface area contributed by atoms with Gasteiger partial charge in [-0.15, -0.1) is 0 Å². The number of hydrogen-bond donors (Lipinski definition) is 1. The van der Waals surface area contributed by atoms with E-state index in [0.717, 1.165) is 22.7 Å². The van der Waals surface area contributed by atoms with E-state index in [4.69, 9.17) is 14.2 Å². The van der Waals surface area contributed by atoms with E-state index in [2.05, 4.69) is 15.4 Å². The van der Waals surface area contributed by atoms with Crippen molar-refractivity contribution >= 4 is 11.6 Å². The number of rotatable bonds is 7. The molecule has 0 atom stereocenters. The van der Waals surface area contributed by atoms with E-state index in [0.29, 0.717) is 17.2 Å². The molecule has 0 spiro atoms. The summed E-state index contributed by atoms with van der Waals surface area (Å²) in [4.78, 5) is 17.2. The van der Waals surface area contributed by atoms with Gasteiger partial charge >= 0.3 is 0 Å². The highest BCUT2D eigenvalue weighted by Gasteiger charge is 2.18. The minimum atomic E-state index is -0.352. The third kappa shape index (κ3) is 4.24. The first kappa shape index (κ1) is 20.9. The van der Waals surface area contributed by atoms with Crippen molar-refractivity contribution in [1.82, 2.24) is 14.8 Å². The van der Waals surface area contributed by atoms with Crippen LogP contribution in [0.3, 0.4) is 0 Å². The number of pyridine rings is 1. The van der Waals surface area contributed by atoms with Gasteiger partial charge in [0, 0.05) is 29.7 Å². The van der Waals surface area contributed by atoms with Crippen LogP contribution in [0.2, 0.25) is 0 Å². The predicted octanol–water partition coefficient (Wildman–Crippen LogP) is 4.21. The third-order valence-electron chi connectivity index (χ3n) is 4.86. The molecule has 2 aromatic carbocycles. The van der Waals surface area contributed by atoms with E-state index in [1.54, 1.807) is 62.7 Å². The normalized spacial score (nSPS) is 10.5. The zero-order chi connectivity index (χ0) is 22.5. The monoisotopic (exact) mass is 430 g/mol. The van der Waals surface area contributed by atoms with Crippen molar-refractivity contribution in [1.29, 1.82) is 0 Å². The number of ether oxygens (including phenoxy) is 3. The summed E-state index contributed by atoms with van der Waals surface area (Å²) in [6.45, 7) is 0. The van der Waals surface area contributed by atoms with Gasteiger partial charge in [-0.05, 0) is 54.6 Å². The van der Waals surface area contributed by atoms with Gasteiger partial charge in [-0.1, -0.05) is 0 Å². The quantitative estimate of drug-likeness (QED) is 0.473. The molecular formula is C24H22N4O4. The van der Waals surface area contributed by atoms with Gasteiger partial charge < -0.3 is 19.5 Å². The maximum absolute atomic E-state index is 13.0. The highest BCUT2D eigenvalue weighted by molar-refractivity contribution is 6.03. The number of carbonyl (C=O) groups is 1. The molecule has 8 heteroatoms. The van der Waals surface area contributed by atoms with Gasteiger partial charge in [-0.3, -0.25) is 9.78 Å². The van der Waals surface area contributed by atoms with Crippen LogP contribution in [0.15, 0.2) is 73.1 Å². The Balaban J connectivity index is 1.70. The minimum absolute atomic E-state index is 0.259. The van der Waals surface area contributed by atoms with Crippen molar-refractivity contribution in [2.75, 3.05) is 26.6 Å². The molecular weight excluding hydrogens is 408 g/mol. The third-order valence-corrected chi connectivity index (χ3v) is 4.86. The predicted molar refractivity (Wildman–Crippen MR) is 121 cm³/mol. The van der Waals surface area contributed by atoms with Gasteiger partial charge in [-0.2, -0.15) is 5.10 Å². The van der Waals surface area contributed by atoms with Crippen LogP contribution in [0.4, 0.5) is 5.69 Å². The van der Waals surface area contributed by atoms with Crippen molar-refractivity contribution in [3.05, 3.63) is 78.8 Å². The lowest BCUT2D eigenvalue weighted by Crippen LogP contribution is -2.13. The Kier molecular flexibility index (Phi) is 6.03. The highest BCUT2D eigenvalue weighted by Crippen LogP contribution is 2.30. The van der Waals surface area contributed by atoms with Crippen molar-refractivity contribution in [2.24, 2.45) is 0 Å². The van der Waals surface area contributed by atoms with E-state index in [1.165, 1.54) is 0 Å². The fourth-order valence-electron chi connectivity index (χ4n) is 3.24. The summed E-state index contributed by atoms with van der Waals surface area (Å²) in [6.07, 6.45) is 3.43. The van der Waals surface area contributed by atoms with Gasteiger partial charge in [0.1, 0.15) is 5.75 Å². The first-order valence-corrected chi connectivity index (χ1v) is 9.81. The van der Waals surface area contributed by atoms with E-state index in [9.17, 15) is 4.79 Å². The summed E-state index contributed by atoms with van der Waals surface area (Å²) in [5.41, 5.74) is 3.18. The molecule has 2 heterocycles. The Morgan fingerprint density at radius 1 is 0.906 bits per heavy atom. The van der Waals surface area contributed by atoms with Crippen molar-refractivity contribution < 1.29 is 19.0 Å². The van der Waals surface area contributed by atoms with Crippen LogP contribution >= 0.6 is 0 Å². The summed E-state index contributed by atoms with van der Waals surface area (Å²) in [7, 11) is 4.71. The van der Waals surface area contributed by atoms with E-state index in [-0.39, 0.29) is 11.6 Å². The lowest BCUT2D eigenvalue weighted by atomic mass is 10.2. The lowest BCUT2D eigenvalue weighted by Gasteiger charge is -2.10. The molecule has 2 aromatic heterocycles. The fraction of sp³-hybridized carbons (Fsp3) is 0.125. The van der Waals surface area contributed by atoms with Crippen molar-refractivity contribution in [3.8, 4) is 34.2 Å². The largest absolute Gasteiger partial charge is 0.497 e. The first-order valence-electron chi connectivity index (χ1n) is 9.81. The Bertz CT molecular complexity index is 1220. The average Bonchev–Trinajstić information content (AvgIpc) is 3.30. The van der Waals surface area contributed by atoms with Crippen LogP contribution in [-0.4, -0.2) is 42.0 Å². The van der Waals surface area contributed by atoms with Crippen LogP contribution in [-0.2, 0) is 0 Å². The van der Waals surface area contributed by atoms with E-state index >= 15 is 0 Å². The number of carbonyl (C=O) groups excluding carboxylic acids is 1. The van der Waals surface area contributed by atoms with E-state index < -0.39 is 0 Å². The number of aromatic nitrogens is 3. The number of benzene rings is 2. The zero-order valence-electron chi connectivity index (χ0n) is 17.9. The van der Waals surface area contributed by atoms with Crippen LogP contribution in [0.5, 0.6) is 17.2 Å². The highest BCUT2D eigenvalue weighted by atomic mass is 16.5. The summed E-state index contributed by atoms with van der Waals surface area (Å²) in [5.74, 6) is 1.48. The number of anilines is 1. The summed E-state index contributed by atoms with van der Waals surface area (Å²) < 4.78 is 17.5. The van der Waals surface area contributed by atoms with Crippen LogP contribution in [0.1, 0.15) is 10.5 Å². The van der Waals surface area contributed by atoms with Gasteiger partial charge in [0.2, 0.25) is 0 Å². The maximum atomic E-state index is 13.0. The Labute approximate surface area is 185 Å². The zero-order valence-corrected chi connectivity index (χ0v) is 17.9. The first-order chi connectivity index (χ1) is 15.6. The van der Waals surface area contributed by atoms with Crippen molar-refractivity contribution in [3.63, 3.8) is 0 Å². The second-order valence-corrected chi connectivity index (χ2v) is 6.79. The van der Waals surface area contributed by atoms with Gasteiger partial charge in [0.25, 0.3) is 5.91 Å². The fourth-order valence-corrected chi connectivity index (χ4v) is 3.24.